The normalized spacial score (nSPS) is 25.5. The molecule has 1 heterocycles. The average Bonchev–Trinajstić information content (AvgIpc) is 2.77. The van der Waals surface area contributed by atoms with Crippen LogP contribution < -0.4 is 5.73 Å². The number of hydrogen-bond donors (Lipinski definition) is 1. The second kappa shape index (κ2) is 4.43. The van der Waals surface area contributed by atoms with E-state index in [9.17, 15) is 0 Å². The maximum atomic E-state index is 6.60. The zero-order chi connectivity index (χ0) is 11.7. The summed E-state index contributed by atoms with van der Waals surface area (Å²) in [6.07, 6.45) is 6.60. The summed E-state index contributed by atoms with van der Waals surface area (Å²) in [6, 6.07) is 10.8. The number of rotatable bonds is 3. The van der Waals surface area contributed by atoms with Crippen LogP contribution in [0.1, 0.15) is 43.7 Å². The van der Waals surface area contributed by atoms with Crippen LogP contribution in [0, 0.1) is 0 Å². The lowest BCUT2D eigenvalue weighted by Crippen LogP contribution is -2.58. The van der Waals surface area contributed by atoms with Gasteiger partial charge in [-0.25, -0.2) is 0 Å². The fraction of sp³-hybridized carbons (Fsp3) is 0.600. The van der Waals surface area contributed by atoms with Crippen LogP contribution in [0.2, 0.25) is 0 Å². The van der Waals surface area contributed by atoms with Gasteiger partial charge in [-0.1, -0.05) is 43.2 Å². The van der Waals surface area contributed by atoms with E-state index < -0.39 is 0 Å². The second-order valence-corrected chi connectivity index (χ2v) is 5.54. The lowest BCUT2D eigenvalue weighted by Gasteiger charge is -2.50. The molecule has 1 atom stereocenters. The van der Waals surface area contributed by atoms with E-state index in [0.29, 0.717) is 0 Å². The predicted molar refractivity (Wildman–Crippen MR) is 70.8 cm³/mol. The molecule has 1 aliphatic carbocycles. The lowest BCUT2D eigenvalue weighted by atomic mass is 9.80. The van der Waals surface area contributed by atoms with Gasteiger partial charge in [0.05, 0.1) is 0 Å². The standard InChI is InChI=1S/C15H22N2/c16-14(13-7-2-1-3-8-13)15(9-4-5-10-15)17-11-6-12-17/h1-3,7-8,14H,4-6,9-12,16H2/t14-/m0/s1. The molecule has 0 bridgehead atoms. The molecular weight excluding hydrogens is 208 g/mol. The Morgan fingerprint density at radius 1 is 1.00 bits per heavy atom. The molecule has 17 heavy (non-hydrogen) atoms. The highest BCUT2D eigenvalue weighted by Crippen LogP contribution is 2.45. The van der Waals surface area contributed by atoms with Gasteiger partial charge in [0, 0.05) is 11.6 Å². The summed E-state index contributed by atoms with van der Waals surface area (Å²) in [7, 11) is 0. The van der Waals surface area contributed by atoms with Crippen molar-refractivity contribution in [1.82, 2.24) is 4.90 Å². The van der Waals surface area contributed by atoms with Crippen molar-refractivity contribution in [1.29, 1.82) is 0 Å². The van der Waals surface area contributed by atoms with E-state index in [0.717, 1.165) is 0 Å². The highest BCUT2D eigenvalue weighted by molar-refractivity contribution is 5.24. The molecule has 0 radical (unpaired) electrons. The second-order valence-electron chi connectivity index (χ2n) is 5.54. The first-order valence-corrected chi connectivity index (χ1v) is 6.88. The van der Waals surface area contributed by atoms with Crippen LogP contribution >= 0.6 is 0 Å². The molecular formula is C15H22N2. The SMILES string of the molecule is N[C@@H](c1ccccc1)C1(N2CCC2)CCCC1. The molecule has 3 rings (SSSR count). The van der Waals surface area contributed by atoms with Gasteiger partial charge in [-0.3, -0.25) is 4.90 Å². The van der Waals surface area contributed by atoms with E-state index in [1.165, 1.54) is 50.8 Å². The molecule has 0 aromatic heterocycles. The van der Waals surface area contributed by atoms with Crippen molar-refractivity contribution < 1.29 is 0 Å². The minimum Gasteiger partial charge on any atom is -0.322 e. The van der Waals surface area contributed by atoms with Crippen LogP contribution in [0.4, 0.5) is 0 Å². The summed E-state index contributed by atoms with van der Waals surface area (Å²) in [5, 5.41) is 0. The van der Waals surface area contributed by atoms with Crippen molar-refractivity contribution in [3.63, 3.8) is 0 Å². The summed E-state index contributed by atoms with van der Waals surface area (Å²) >= 11 is 0. The van der Waals surface area contributed by atoms with Crippen molar-refractivity contribution in [2.75, 3.05) is 13.1 Å². The topological polar surface area (TPSA) is 29.3 Å². The van der Waals surface area contributed by atoms with E-state index in [4.69, 9.17) is 5.73 Å². The van der Waals surface area contributed by atoms with Crippen LogP contribution in [0.3, 0.4) is 0 Å². The Morgan fingerprint density at radius 2 is 1.65 bits per heavy atom. The maximum absolute atomic E-state index is 6.60. The zero-order valence-electron chi connectivity index (χ0n) is 10.4. The van der Waals surface area contributed by atoms with Crippen molar-refractivity contribution in [2.45, 2.75) is 43.7 Å². The third-order valence-corrected chi connectivity index (χ3v) is 4.69. The summed E-state index contributed by atoms with van der Waals surface area (Å²) in [4.78, 5) is 2.64. The number of nitrogens with two attached hydrogens (primary N) is 1. The largest absolute Gasteiger partial charge is 0.322 e. The molecule has 1 aromatic rings. The lowest BCUT2D eigenvalue weighted by molar-refractivity contribution is 0.0130. The Hall–Kier alpha value is -0.860. The van der Waals surface area contributed by atoms with E-state index in [2.05, 4.69) is 35.2 Å². The molecule has 2 aliphatic rings. The van der Waals surface area contributed by atoms with E-state index in [-0.39, 0.29) is 11.6 Å². The summed E-state index contributed by atoms with van der Waals surface area (Å²) in [6.45, 7) is 2.50. The third kappa shape index (κ3) is 1.80. The summed E-state index contributed by atoms with van der Waals surface area (Å²) in [5.41, 5.74) is 8.17. The van der Waals surface area contributed by atoms with Crippen LogP contribution in [0.15, 0.2) is 30.3 Å². The van der Waals surface area contributed by atoms with Crippen LogP contribution in [0.25, 0.3) is 0 Å². The molecule has 2 N–H and O–H groups in total. The van der Waals surface area contributed by atoms with E-state index >= 15 is 0 Å². The minimum absolute atomic E-state index is 0.187. The smallest absolute Gasteiger partial charge is 0.0482 e. The van der Waals surface area contributed by atoms with Crippen molar-refractivity contribution >= 4 is 0 Å². The van der Waals surface area contributed by atoms with Gasteiger partial charge in [-0.05, 0) is 37.9 Å². The quantitative estimate of drug-likeness (QED) is 0.865. The molecule has 1 saturated carbocycles. The monoisotopic (exact) mass is 230 g/mol. The van der Waals surface area contributed by atoms with Gasteiger partial charge in [-0.15, -0.1) is 0 Å². The molecule has 2 fully saturated rings. The fourth-order valence-corrected chi connectivity index (χ4v) is 3.54. The minimum atomic E-state index is 0.187. The Balaban J connectivity index is 1.88. The molecule has 2 heteroatoms. The molecule has 2 nitrogen and oxygen atoms in total. The number of nitrogens with zero attached hydrogens (tertiary/aromatic N) is 1. The van der Waals surface area contributed by atoms with Crippen molar-refractivity contribution in [3.8, 4) is 0 Å². The van der Waals surface area contributed by atoms with Gasteiger partial charge in [0.15, 0.2) is 0 Å². The first-order chi connectivity index (χ1) is 8.33. The average molecular weight is 230 g/mol. The molecule has 1 aromatic carbocycles. The van der Waals surface area contributed by atoms with Gasteiger partial charge in [0.25, 0.3) is 0 Å². The van der Waals surface area contributed by atoms with Crippen LogP contribution in [0.5, 0.6) is 0 Å². The molecule has 1 saturated heterocycles. The molecule has 0 spiro atoms. The van der Waals surface area contributed by atoms with E-state index in [1.54, 1.807) is 0 Å². The first kappa shape index (κ1) is 11.2. The fourth-order valence-electron chi connectivity index (χ4n) is 3.54. The molecule has 92 valence electrons. The van der Waals surface area contributed by atoms with Crippen LogP contribution in [-0.2, 0) is 0 Å². The summed E-state index contributed by atoms with van der Waals surface area (Å²) < 4.78 is 0. The van der Waals surface area contributed by atoms with Crippen molar-refractivity contribution in [3.05, 3.63) is 35.9 Å². The van der Waals surface area contributed by atoms with Crippen LogP contribution in [-0.4, -0.2) is 23.5 Å². The number of hydrogen-bond acceptors (Lipinski definition) is 2. The van der Waals surface area contributed by atoms with E-state index in [1.807, 2.05) is 0 Å². The molecule has 0 amide bonds. The first-order valence-electron chi connectivity index (χ1n) is 6.88. The van der Waals surface area contributed by atoms with Gasteiger partial charge < -0.3 is 5.73 Å². The third-order valence-electron chi connectivity index (χ3n) is 4.69. The number of likely N-dealkylation sites (tertiary alicyclic amines) is 1. The number of benzene rings is 1. The summed E-state index contributed by atoms with van der Waals surface area (Å²) in [5.74, 6) is 0. The maximum Gasteiger partial charge on any atom is 0.0482 e. The zero-order valence-corrected chi connectivity index (χ0v) is 10.4. The Labute approximate surface area is 104 Å². The predicted octanol–water partition coefficient (Wildman–Crippen LogP) is 2.70. The van der Waals surface area contributed by atoms with Gasteiger partial charge in [-0.2, -0.15) is 0 Å². The highest BCUT2D eigenvalue weighted by Gasteiger charge is 2.46. The Bertz CT molecular complexity index is 364. The molecule has 1 aliphatic heterocycles. The Morgan fingerprint density at radius 3 is 2.18 bits per heavy atom. The van der Waals surface area contributed by atoms with Crippen molar-refractivity contribution in [2.24, 2.45) is 5.73 Å². The van der Waals surface area contributed by atoms with Gasteiger partial charge in [0.1, 0.15) is 0 Å². The highest BCUT2D eigenvalue weighted by atomic mass is 15.3. The molecule has 0 unspecified atom stereocenters. The van der Waals surface area contributed by atoms with Gasteiger partial charge in [0.2, 0.25) is 0 Å². The van der Waals surface area contributed by atoms with Gasteiger partial charge >= 0.3 is 0 Å². The Kier molecular flexibility index (Phi) is 2.93.